The van der Waals surface area contributed by atoms with E-state index in [0.29, 0.717) is 58.4 Å². The molecule has 9 N–H and O–H groups in total. The summed E-state index contributed by atoms with van der Waals surface area (Å²) in [6.45, 7) is 23.5. The number of carboxylic acid groups (broad SMARTS) is 1. The molecule has 1 saturated heterocycles. The van der Waals surface area contributed by atoms with Crippen molar-refractivity contribution in [3.05, 3.63) is 156 Å². The first-order valence-corrected chi connectivity index (χ1v) is 34.4. The van der Waals surface area contributed by atoms with Crippen LogP contribution in [0.5, 0.6) is 0 Å². The lowest BCUT2D eigenvalue weighted by molar-refractivity contribution is -0.147. The van der Waals surface area contributed by atoms with E-state index >= 15 is 0 Å². The SMILES string of the molecule is C[C@@H]1CC[C@@H](c2cccc(Br)c2)NC1.Cc1cc(NC(=O)C(=O)C2C[C@H](C)CC[C@H]2c2cccc(Br)c2)cnc1N.Cc1cc(NC(=O)C(=O)C2C[C@H](C)CC[C@H]2c2cccc(Br)c2)cnc1NC(=O)OC(C)(C)C.Cc1cc(NC(=O)C(=O)O)cnc1NC(=O)OC(C)(C)C. The van der Waals surface area contributed by atoms with Crippen LogP contribution in [0, 0.1) is 50.4 Å². The van der Waals surface area contributed by atoms with Crippen molar-refractivity contribution in [2.24, 2.45) is 29.6 Å². The second-order valence-corrected chi connectivity index (χ2v) is 29.7. The molecule has 2 aliphatic carbocycles. The van der Waals surface area contributed by atoms with Crippen molar-refractivity contribution >= 4 is 130 Å². The molecule has 24 heteroatoms. The summed E-state index contributed by atoms with van der Waals surface area (Å²) in [5.74, 6) is -2.74. The Morgan fingerprint density at radius 3 is 1.24 bits per heavy atom. The second-order valence-electron chi connectivity index (χ2n) is 26.9. The fourth-order valence-electron chi connectivity index (χ4n) is 11.5. The summed E-state index contributed by atoms with van der Waals surface area (Å²) in [7, 11) is 0. The Kier molecular flexibility index (Phi) is 28.4. The molecule has 0 bridgehead atoms. The topological polar surface area (TPSA) is 312 Å². The number of rotatable bonds is 12. The molecule has 3 fully saturated rings. The molecule has 21 nitrogen and oxygen atoms in total. The van der Waals surface area contributed by atoms with E-state index in [2.05, 4.69) is 140 Å². The number of amides is 5. The number of aryl methyl sites for hydroxylation is 3. The first kappa shape index (κ1) is 77.1. The number of carbonyl (C=O) groups excluding carboxylic acids is 7. The Balaban J connectivity index is 0.000000211. The van der Waals surface area contributed by atoms with Gasteiger partial charge >= 0.3 is 24.1 Å². The highest BCUT2D eigenvalue weighted by Crippen LogP contribution is 2.43. The maximum Gasteiger partial charge on any atom is 0.413 e. The number of hydrogen-bond acceptors (Lipinski definition) is 15. The number of ketones is 2. The smallest absolute Gasteiger partial charge is 0.413 e. The maximum absolute atomic E-state index is 13.2. The predicted octanol–water partition coefficient (Wildman–Crippen LogP) is 16.0. The number of benzene rings is 3. The van der Waals surface area contributed by atoms with Crippen molar-refractivity contribution in [3.63, 3.8) is 0 Å². The van der Waals surface area contributed by atoms with Crippen LogP contribution in [0.4, 0.5) is 44.1 Å². The zero-order valence-electron chi connectivity index (χ0n) is 56.5. The number of carbonyl (C=O) groups is 8. The van der Waals surface area contributed by atoms with E-state index < -0.39 is 52.9 Å². The lowest BCUT2D eigenvalue weighted by Gasteiger charge is -2.34. The number of halogens is 3. The van der Waals surface area contributed by atoms with Crippen LogP contribution in [0.25, 0.3) is 0 Å². The highest BCUT2D eigenvalue weighted by molar-refractivity contribution is 9.11. The van der Waals surface area contributed by atoms with E-state index in [1.54, 1.807) is 67.5 Å². The molecule has 3 aliphatic rings. The Bertz CT molecular complexity index is 3760. The van der Waals surface area contributed by atoms with Crippen LogP contribution < -0.4 is 37.6 Å². The molecule has 96 heavy (non-hydrogen) atoms. The van der Waals surface area contributed by atoms with E-state index in [4.69, 9.17) is 20.3 Å². The van der Waals surface area contributed by atoms with Crippen molar-refractivity contribution < 1.29 is 52.9 Å². The van der Waals surface area contributed by atoms with E-state index in [9.17, 15) is 38.4 Å². The average molecular weight is 1510 g/mol. The number of ether oxygens (including phenoxy) is 2. The van der Waals surface area contributed by atoms with Crippen molar-refractivity contribution in [3.8, 4) is 0 Å². The lowest BCUT2D eigenvalue weighted by atomic mass is 9.70. The number of nitrogens with zero attached hydrogens (tertiary/aromatic N) is 3. The number of nitrogen functional groups attached to an aromatic ring is 1. The first-order chi connectivity index (χ1) is 45.1. The molecule has 1 aliphatic heterocycles. The highest BCUT2D eigenvalue weighted by Gasteiger charge is 2.39. The molecule has 0 spiro atoms. The third-order valence-corrected chi connectivity index (χ3v) is 17.8. The number of nitrogens with two attached hydrogens (primary N) is 1. The molecule has 8 atom stereocenters. The quantitative estimate of drug-likeness (QED) is 0.0528. The zero-order valence-corrected chi connectivity index (χ0v) is 61.2. The van der Waals surface area contributed by atoms with Crippen LogP contribution in [0.2, 0.25) is 0 Å². The van der Waals surface area contributed by atoms with Crippen molar-refractivity contribution in [1.29, 1.82) is 0 Å². The van der Waals surface area contributed by atoms with Crippen LogP contribution in [0.15, 0.2) is 123 Å². The molecular formula is C72H89Br3N10O11. The summed E-state index contributed by atoms with van der Waals surface area (Å²) in [4.78, 5) is 109. The summed E-state index contributed by atoms with van der Waals surface area (Å²) < 4.78 is 13.5. The molecule has 4 heterocycles. The Labute approximate surface area is 587 Å². The number of piperidine rings is 1. The molecule has 5 amide bonds. The van der Waals surface area contributed by atoms with E-state index in [0.717, 1.165) is 70.2 Å². The summed E-state index contributed by atoms with van der Waals surface area (Å²) in [6.07, 6.45) is 10.7. The van der Waals surface area contributed by atoms with E-state index in [-0.39, 0.29) is 41.0 Å². The number of anilines is 6. The van der Waals surface area contributed by atoms with Crippen LogP contribution in [-0.2, 0) is 38.2 Å². The Hall–Kier alpha value is -7.93. The van der Waals surface area contributed by atoms with Gasteiger partial charge in [-0.3, -0.25) is 34.6 Å². The van der Waals surface area contributed by atoms with Crippen molar-refractivity contribution in [2.45, 2.75) is 164 Å². The first-order valence-electron chi connectivity index (χ1n) is 32.0. The van der Waals surface area contributed by atoms with Gasteiger partial charge in [0.05, 0.1) is 35.7 Å². The van der Waals surface area contributed by atoms with Gasteiger partial charge in [0.15, 0.2) is 0 Å². The number of hydrogen-bond donors (Lipinski definition) is 8. The Morgan fingerprint density at radius 1 is 0.500 bits per heavy atom. The third-order valence-electron chi connectivity index (χ3n) is 16.3. The molecule has 3 aromatic carbocycles. The summed E-state index contributed by atoms with van der Waals surface area (Å²) in [5, 5.41) is 24.7. The van der Waals surface area contributed by atoms with Crippen molar-refractivity contribution in [2.75, 3.05) is 38.9 Å². The maximum atomic E-state index is 13.2. The minimum Gasteiger partial charge on any atom is -0.474 e. The van der Waals surface area contributed by atoms with Crippen molar-refractivity contribution in [1.82, 2.24) is 20.3 Å². The standard InChI is InChI=1S/C26H32BrN3O4.C21H24BrN3O2.C13H17N3O5.C12H16BrN/c1-15-9-10-20(17-7-6-8-18(27)13-17)21(11-15)22(31)24(32)29-19-12-16(2)23(28-14-19)30-25(33)34-26(3,4)5;1-12-6-7-17(14-4-3-5-15(22)10-14)18(8-12)19(26)21(27)25-16-9-13(2)20(23)24-11-16;1-7-5-8(15-10(17)11(18)19)6-14-9(7)16-12(20)21-13(2,3)4;1-9-5-6-12(14-8-9)10-3-2-4-11(13)7-10/h6-8,12-15,20-21H,9-11H2,1-5H3,(H,29,32)(H,28,30,33);3-5,9-12,17-18H,6-8H2,1-2H3,(H2,23,24)(H,25,27);5-6H,1-4H3,(H,15,17)(H,18,19)(H,14,16,20);2-4,7,9,12,14H,5-6,8H2,1H3/t15-,20+,21?;12-,17+,18?;;9-,12+/m11.1/s1. The number of carboxylic acids is 1. The average Bonchev–Trinajstić information content (AvgIpc) is 0.821. The fourth-order valence-corrected chi connectivity index (χ4v) is 12.8. The number of Topliss-reactive ketones (excluding diaryl/α,β-unsaturated/α-hetero) is 2. The molecule has 3 aromatic heterocycles. The molecule has 2 saturated carbocycles. The number of aromatic nitrogens is 3. The van der Waals surface area contributed by atoms with Gasteiger partial charge in [-0.2, -0.15) is 0 Å². The molecule has 0 radical (unpaired) electrons. The van der Waals surface area contributed by atoms with Crippen LogP contribution in [-0.4, -0.2) is 85.2 Å². The van der Waals surface area contributed by atoms with Gasteiger partial charge in [-0.05, 0) is 225 Å². The predicted molar refractivity (Wildman–Crippen MR) is 385 cm³/mol. The van der Waals surface area contributed by atoms with Gasteiger partial charge in [0.2, 0.25) is 11.6 Å². The highest BCUT2D eigenvalue weighted by atomic mass is 79.9. The number of pyridine rings is 3. The zero-order chi connectivity index (χ0) is 70.8. The van der Waals surface area contributed by atoms with E-state index in [1.165, 1.54) is 47.5 Å². The molecular weight excluding hydrogens is 1420 g/mol. The second kappa shape index (κ2) is 35.4. The van der Waals surface area contributed by atoms with Gasteiger partial charge in [0.1, 0.15) is 28.7 Å². The monoisotopic (exact) mass is 1510 g/mol. The summed E-state index contributed by atoms with van der Waals surface area (Å²) >= 11 is 10.5. The molecule has 9 rings (SSSR count). The molecule has 2 unspecified atom stereocenters. The lowest BCUT2D eigenvalue weighted by Crippen LogP contribution is -2.36. The summed E-state index contributed by atoms with van der Waals surface area (Å²) in [5.41, 5.74) is 11.1. The number of aliphatic carboxylic acids is 1. The fraction of sp³-hybridized carbons (Fsp3) is 0.431. The third kappa shape index (κ3) is 24.6. The van der Waals surface area contributed by atoms with Crippen LogP contribution in [0.3, 0.4) is 0 Å². The molecule has 514 valence electrons. The van der Waals surface area contributed by atoms with Gasteiger partial charge in [-0.1, -0.05) is 118 Å². The number of nitrogens with one attached hydrogen (secondary N) is 6. The summed E-state index contributed by atoms with van der Waals surface area (Å²) in [6, 6.07) is 30.0. The van der Waals surface area contributed by atoms with Crippen LogP contribution in [0.1, 0.15) is 165 Å². The van der Waals surface area contributed by atoms with Gasteiger partial charge in [0.25, 0.3) is 11.8 Å². The van der Waals surface area contributed by atoms with Crippen LogP contribution >= 0.6 is 47.8 Å². The minimum atomic E-state index is -1.59. The Morgan fingerprint density at radius 2 is 0.875 bits per heavy atom. The van der Waals surface area contributed by atoms with Gasteiger partial charge in [-0.15, -0.1) is 0 Å². The normalized spacial score (nSPS) is 19.8. The largest absolute Gasteiger partial charge is 0.474 e. The van der Waals surface area contributed by atoms with Gasteiger partial charge < -0.3 is 41.6 Å². The van der Waals surface area contributed by atoms with Gasteiger partial charge in [-0.25, -0.2) is 29.3 Å². The van der Waals surface area contributed by atoms with E-state index in [1.807, 2.05) is 55.5 Å². The molecule has 6 aromatic rings. The van der Waals surface area contributed by atoms with Gasteiger partial charge in [0, 0.05) is 31.3 Å². The minimum absolute atomic E-state index is 0.00668.